The maximum atomic E-state index is 12.7. The third-order valence-corrected chi connectivity index (χ3v) is 4.99. The van der Waals surface area contributed by atoms with Gasteiger partial charge in [0.25, 0.3) is 0 Å². The van der Waals surface area contributed by atoms with Gasteiger partial charge in [0, 0.05) is 0 Å². The minimum absolute atomic E-state index is 0.00751. The lowest BCUT2D eigenvalue weighted by Crippen LogP contribution is -2.46. The second-order valence-electron chi connectivity index (χ2n) is 6.90. The molecule has 0 bridgehead atoms. The van der Waals surface area contributed by atoms with Crippen molar-refractivity contribution in [3.05, 3.63) is 0 Å². The molecule has 0 N–H and O–H groups in total. The largest absolute Gasteiger partial charge is 0.523 e. The highest BCUT2D eigenvalue weighted by atomic mass is 32.2. The van der Waals surface area contributed by atoms with E-state index in [9.17, 15) is 21.6 Å². The molecule has 0 aromatic rings. The first-order chi connectivity index (χ1) is 12.2. The quantitative estimate of drug-likeness (QED) is 0.506. The molecule has 27 heavy (non-hydrogen) atoms. The van der Waals surface area contributed by atoms with Crippen LogP contribution in [0.1, 0.15) is 41.5 Å². The van der Waals surface area contributed by atoms with Crippen molar-refractivity contribution in [2.75, 3.05) is 6.61 Å². The molecule has 0 saturated carbocycles. The van der Waals surface area contributed by atoms with Crippen molar-refractivity contribution in [2.24, 2.45) is 0 Å². The van der Waals surface area contributed by atoms with Gasteiger partial charge in [-0.25, -0.2) is 0 Å². The second kappa shape index (κ2) is 7.39. The summed E-state index contributed by atoms with van der Waals surface area (Å²) in [5.74, 6) is -2.14. The summed E-state index contributed by atoms with van der Waals surface area (Å²) in [5.41, 5.74) is -5.57. The summed E-state index contributed by atoms with van der Waals surface area (Å²) in [5, 5.41) is 0. The first kappa shape index (κ1) is 22.8. The first-order valence-corrected chi connectivity index (χ1v) is 9.94. The second-order valence-corrected chi connectivity index (χ2v) is 8.46. The number of alkyl halides is 3. The summed E-state index contributed by atoms with van der Waals surface area (Å²) < 4.78 is 93.0. The van der Waals surface area contributed by atoms with Crippen molar-refractivity contribution < 1.29 is 49.5 Å². The van der Waals surface area contributed by atoms with Crippen LogP contribution in [-0.2, 0) is 38.0 Å². The van der Waals surface area contributed by atoms with Gasteiger partial charge in [-0.05, 0) is 27.7 Å². The predicted molar refractivity (Wildman–Crippen MR) is 84.8 cm³/mol. The first-order valence-electron chi connectivity index (χ1n) is 8.53. The molecule has 3 heterocycles. The zero-order chi connectivity index (χ0) is 20.8. The Balaban J connectivity index is 0.00000126. The van der Waals surface area contributed by atoms with Gasteiger partial charge >= 0.3 is 15.6 Å². The molecule has 5 atom stereocenters. The topological polar surface area (TPSA) is 89.5 Å². The molecule has 0 amide bonds. The van der Waals surface area contributed by atoms with E-state index in [1.54, 1.807) is 13.8 Å². The number of hydrogen-bond acceptors (Lipinski definition) is 8. The van der Waals surface area contributed by atoms with Gasteiger partial charge in [-0.3, -0.25) is 4.18 Å². The summed E-state index contributed by atoms with van der Waals surface area (Å²) in [6.45, 7) is 10.3. The maximum absolute atomic E-state index is 12.7. The van der Waals surface area contributed by atoms with Crippen molar-refractivity contribution in [2.45, 2.75) is 89.3 Å². The Hall–Kier alpha value is -0.500. The molecule has 3 fully saturated rings. The molecular weight excluding hydrogens is 397 g/mol. The van der Waals surface area contributed by atoms with Gasteiger partial charge < -0.3 is 23.7 Å². The number of ether oxygens (including phenoxy) is 5. The molecule has 3 unspecified atom stereocenters. The number of hydrogen-bond donors (Lipinski definition) is 0. The zero-order valence-electron chi connectivity index (χ0n) is 15.9. The van der Waals surface area contributed by atoms with E-state index in [1.165, 1.54) is 13.8 Å². The minimum atomic E-state index is -5.86. The summed E-state index contributed by atoms with van der Waals surface area (Å²) >= 11 is 0. The third kappa shape index (κ3) is 4.74. The minimum Gasteiger partial charge on any atom is -0.348 e. The number of rotatable bonds is 3. The summed E-state index contributed by atoms with van der Waals surface area (Å²) in [6, 6.07) is 0. The van der Waals surface area contributed by atoms with Crippen LogP contribution in [0.2, 0.25) is 0 Å². The molecule has 0 radical (unpaired) electrons. The van der Waals surface area contributed by atoms with E-state index >= 15 is 0 Å². The molecular formula is C15H25F3O8S. The summed E-state index contributed by atoms with van der Waals surface area (Å²) in [7, 11) is -5.86. The monoisotopic (exact) mass is 422 g/mol. The van der Waals surface area contributed by atoms with Gasteiger partial charge in [0.15, 0.2) is 17.9 Å². The molecule has 0 aliphatic carbocycles. The Bertz CT molecular complexity index is 633. The number of halogens is 3. The van der Waals surface area contributed by atoms with Crippen molar-refractivity contribution in [3.8, 4) is 0 Å². The molecule has 0 aromatic heterocycles. The zero-order valence-corrected chi connectivity index (χ0v) is 16.7. The van der Waals surface area contributed by atoms with Gasteiger partial charge in [0.2, 0.25) is 0 Å². The highest BCUT2D eigenvalue weighted by Crippen LogP contribution is 2.43. The Morgan fingerprint density at radius 1 is 0.963 bits per heavy atom. The van der Waals surface area contributed by atoms with E-state index in [4.69, 9.17) is 23.7 Å². The van der Waals surface area contributed by atoms with Gasteiger partial charge in [-0.15, -0.1) is 0 Å². The Kier molecular flexibility index (Phi) is 6.24. The lowest BCUT2D eigenvalue weighted by molar-refractivity contribution is -0.230. The maximum Gasteiger partial charge on any atom is 0.523 e. The van der Waals surface area contributed by atoms with E-state index in [0.717, 1.165) is 0 Å². The SMILES string of the molecule is CC.CC1(C)OCC(C2OC3OC(C)(C)O[C@@H]3[C@H]2OS(=O)(=O)C(F)(F)F)O1. The molecule has 8 nitrogen and oxygen atoms in total. The van der Waals surface area contributed by atoms with Gasteiger partial charge in [0.05, 0.1) is 6.61 Å². The lowest BCUT2D eigenvalue weighted by Gasteiger charge is -2.28. The van der Waals surface area contributed by atoms with Crippen LogP contribution in [0.25, 0.3) is 0 Å². The van der Waals surface area contributed by atoms with E-state index in [1.807, 2.05) is 13.8 Å². The average Bonchev–Trinajstić information content (AvgIpc) is 3.11. The molecule has 12 heteroatoms. The third-order valence-electron chi connectivity index (χ3n) is 3.95. The van der Waals surface area contributed by atoms with E-state index in [-0.39, 0.29) is 6.61 Å². The highest BCUT2D eigenvalue weighted by molar-refractivity contribution is 7.87. The Morgan fingerprint density at radius 3 is 2.04 bits per heavy atom. The Morgan fingerprint density at radius 2 is 1.56 bits per heavy atom. The molecule has 3 saturated heterocycles. The van der Waals surface area contributed by atoms with Crippen LogP contribution in [0.5, 0.6) is 0 Å². The van der Waals surface area contributed by atoms with Crippen molar-refractivity contribution in [1.82, 2.24) is 0 Å². The van der Waals surface area contributed by atoms with Crippen molar-refractivity contribution >= 4 is 10.1 Å². The molecule has 3 rings (SSSR count). The fraction of sp³-hybridized carbons (Fsp3) is 1.00. The predicted octanol–water partition coefficient (Wildman–Crippen LogP) is 2.28. The standard InChI is InChI=1S/C13H19F3O8S.C2H6/c1-11(2)19-5-6(21-11)7-8(24-25(17,18)13(14,15)16)9-10(20-7)23-12(3,4)22-9;1-2/h6-10H,5H2,1-4H3;1-2H3/t6?,7?,8-,9+,10?;/m0./s1. The van der Waals surface area contributed by atoms with Crippen LogP contribution >= 0.6 is 0 Å². The van der Waals surface area contributed by atoms with Crippen molar-refractivity contribution in [3.63, 3.8) is 0 Å². The molecule has 3 aliphatic rings. The van der Waals surface area contributed by atoms with Crippen LogP contribution in [0.3, 0.4) is 0 Å². The van der Waals surface area contributed by atoms with E-state index < -0.39 is 57.9 Å². The Labute approximate surface area is 156 Å². The van der Waals surface area contributed by atoms with Crippen molar-refractivity contribution in [1.29, 1.82) is 0 Å². The van der Waals surface area contributed by atoms with Crippen LogP contribution in [0.15, 0.2) is 0 Å². The van der Waals surface area contributed by atoms with Gasteiger partial charge in [0.1, 0.15) is 24.4 Å². The fourth-order valence-electron chi connectivity index (χ4n) is 2.99. The van der Waals surface area contributed by atoms with Crippen LogP contribution < -0.4 is 0 Å². The molecule has 3 aliphatic heterocycles. The highest BCUT2D eigenvalue weighted by Gasteiger charge is 2.62. The van der Waals surface area contributed by atoms with Crippen LogP contribution in [0.4, 0.5) is 13.2 Å². The molecule has 0 aromatic carbocycles. The van der Waals surface area contributed by atoms with Gasteiger partial charge in [-0.1, -0.05) is 13.8 Å². The van der Waals surface area contributed by atoms with E-state index in [2.05, 4.69) is 4.18 Å². The number of fused-ring (bicyclic) bond motifs is 1. The van der Waals surface area contributed by atoms with E-state index in [0.29, 0.717) is 0 Å². The van der Waals surface area contributed by atoms with Gasteiger partial charge in [-0.2, -0.15) is 21.6 Å². The summed E-state index contributed by atoms with van der Waals surface area (Å²) in [4.78, 5) is 0. The summed E-state index contributed by atoms with van der Waals surface area (Å²) in [6.07, 6.45) is -5.86. The molecule has 0 spiro atoms. The normalized spacial score (nSPS) is 37.6. The molecule has 160 valence electrons. The fourth-order valence-corrected chi connectivity index (χ4v) is 3.61. The lowest BCUT2D eigenvalue weighted by atomic mass is 10.1. The average molecular weight is 422 g/mol. The smallest absolute Gasteiger partial charge is 0.348 e. The van der Waals surface area contributed by atoms with Crippen LogP contribution in [-0.4, -0.2) is 62.8 Å². The van der Waals surface area contributed by atoms with Crippen LogP contribution in [0, 0.1) is 0 Å².